The van der Waals surface area contributed by atoms with Crippen LogP contribution in [0.2, 0.25) is 0 Å². The highest BCUT2D eigenvalue weighted by Crippen LogP contribution is 2.19. The molecule has 0 heterocycles. The molecule has 3 nitrogen and oxygen atoms in total. The first-order valence-electron chi connectivity index (χ1n) is 4.92. The van der Waals surface area contributed by atoms with Crippen LogP contribution in [0, 0.1) is 6.92 Å². The molecule has 1 aromatic rings. The van der Waals surface area contributed by atoms with Gasteiger partial charge in [-0.2, -0.15) is 0 Å². The van der Waals surface area contributed by atoms with E-state index in [9.17, 15) is 4.79 Å². The molecule has 0 bridgehead atoms. The van der Waals surface area contributed by atoms with Gasteiger partial charge in [0.1, 0.15) is 5.75 Å². The topological polar surface area (TPSA) is 35.5 Å². The summed E-state index contributed by atoms with van der Waals surface area (Å²) in [5.41, 5.74) is 1.50. The minimum absolute atomic E-state index is 0.349. The van der Waals surface area contributed by atoms with Gasteiger partial charge in [0, 0.05) is 0 Å². The van der Waals surface area contributed by atoms with Gasteiger partial charge in [0.05, 0.1) is 19.8 Å². The van der Waals surface area contributed by atoms with Gasteiger partial charge in [-0.25, -0.2) is 4.79 Å². The highest BCUT2D eigenvalue weighted by atomic mass is 16.5. The van der Waals surface area contributed by atoms with Crippen LogP contribution < -0.4 is 4.74 Å². The average molecular weight is 210 g/mol. The van der Waals surface area contributed by atoms with E-state index in [1.165, 1.54) is 7.11 Å². The second-order valence-corrected chi connectivity index (χ2v) is 2.68. The van der Waals surface area contributed by atoms with E-state index in [-0.39, 0.29) is 5.97 Å². The Morgan fingerprint density at radius 2 is 1.80 bits per heavy atom. The third kappa shape index (κ3) is 3.62. The SMILES string of the molecule is CC.COC(=O)c1ccc(C)c(OC)c1. The van der Waals surface area contributed by atoms with Gasteiger partial charge in [-0.05, 0) is 24.6 Å². The minimum atomic E-state index is -0.349. The van der Waals surface area contributed by atoms with E-state index in [2.05, 4.69) is 4.74 Å². The largest absolute Gasteiger partial charge is 0.496 e. The molecule has 84 valence electrons. The zero-order valence-corrected chi connectivity index (χ0v) is 9.96. The lowest BCUT2D eigenvalue weighted by atomic mass is 10.1. The molecule has 0 fully saturated rings. The number of carbonyl (C=O) groups is 1. The summed E-state index contributed by atoms with van der Waals surface area (Å²) in [7, 11) is 2.93. The number of hydrogen-bond donors (Lipinski definition) is 0. The average Bonchev–Trinajstić information content (AvgIpc) is 2.31. The maximum absolute atomic E-state index is 11.1. The van der Waals surface area contributed by atoms with Crippen LogP contribution in [0.5, 0.6) is 5.75 Å². The van der Waals surface area contributed by atoms with E-state index in [0.717, 1.165) is 5.56 Å². The molecule has 0 spiro atoms. The van der Waals surface area contributed by atoms with Crippen molar-refractivity contribution in [3.05, 3.63) is 29.3 Å². The second-order valence-electron chi connectivity index (χ2n) is 2.68. The van der Waals surface area contributed by atoms with Crippen LogP contribution >= 0.6 is 0 Å². The molecule has 0 atom stereocenters. The summed E-state index contributed by atoms with van der Waals surface area (Å²) in [6, 6.07) is 5.20. The van der Waals surface area contributed by atoms with E-state index in [1.807, 2.05) is 26.8 Å². The summed E-state index contributed by atoms with van der Waals surface area (Å²) in [4.78, 5) is 11.1. The molecule has 0 radical (unpaired) electrons. The van der Waals surface area contributed by atoms with Crippen LogP contribution in [0.3, 0.4) is 0 Å². The van der Waals surface area contributed by atoms with Crippen molar-refractivity contribution in [2.75, 3.05) is 14.2 Å². The van der Waals surface area contributed by atoms with Crippen molar-refractivity contribution in [3.63, 3.8) is 0 Å². The lowest BCUT2D eigenvalue weighted by molar-refractivity contribution is 0.0600. The first kappa shape index (κ1) is 13.5. The van der Waals surface area contributed by atoms with Crippen LogP contribution in [0.4, 0.5) is 0 Å². The van der Waals surface area contributed by atoms with Gasteiger partial charge in [-0.15, -0.1) is 0 Å². The molecule has 0 aliphatic rings. The molecule has 3 heteroatoms. The van der Waals surface area contributed by atoms with Crippen LogP contribution in [0.15, 0.2) is 18.2 Å². The number of rotatable bonds is 2. The number of carbonyl (C=O) groups excluding carboxylic acids is 1. The molecule has 0 amide bonds. The van der Waals surface area contributed by atoms with Gasteiger partial charge in [-0.3, -0.25) is 0 Å². The van der Waals surface area contributed by atoms with Crippen LogP contribution in [-0.4, -0.2) is 20.2 Å². The summed E-state index contributed by atoms with van der Waals surface area (Å²) in [6.45, 7) is 5.92. The lowest BCUT2D eigenvalue weighted by Crippen LogP contribution is -2.01. The van der Waals surface area contributed by atoms with Crippen molar-refractivity contribution < 1.29 is 14.3 Å². The molecular formula is C12H18O3. The normalized spacial score (nSPS) is 8.60. The molecule has 0 aromatic heterocycles. The van der Waals surface area contributed by atoms with Crippen LogP contribution in [-0.2, 0) is 4.74 Å². The summed E-state index contributed by atoms with van der Waals surface area (Å²) in [5.74, 6) is 0.348. The Kier molecular flexibility index (Phi) is 6.18. The van der Waals surface area contributed by atoms with Crippen LogP contribution in [0.1, 0.15) is 29.8 Å². The number of methoxy groups -OCH3 is 2. The zero-order chi connectivity index (χ0) is 11.8. The summed E-state index contributed by atoms with van der Waals surface area (Å²) < 4.78 is 9.65. The fourth-order valence-corrected chi connectivity index (χ4v) is 1.06. The van der Waals surface area contributed by atoms with E-state index in [0.29, 0.717) is 11.3 Å². The quantitative estimate of drug-likeness (QED) is 0.704. The standard InChI is InChI=1S/C10H12O3.C2H6/c1-7-4-5-8(10(11)13-3)6-9(7)12-2;1-2/h4-6H,1-3H3;1-2H3. The first-order chi connectivity index (χ1) is 7.19. The first-order valence-corrected chi connectivity index (χ1v) is 4.92. The zero-order valence-electron chi connectivity index (χ0n) is 9.96. The Balaban J connectivity index is 0.000000921. The molecule has 0 saturated carbocycles. The molecule has 0 aliphatic heterocycles. The molecule has 0 N–H and O–H groups in total. The second kappa shape index (κ2) is 6.87. The third-order valence-corrected chi connectivity index (χ3v) is 1.83. The third-order valence-electron chi connectivity index (χ3n) is 1.83. The summed E-state index contributed by atoms with van der Waals surface area (Å²) >= 11 is 0. The molecule has 1 rings (SSSR count). The van der Waals surface area contributed by atoms with E-state index < -0.39 is 0 Å². The number of hydrogen-bond acceptors (Lipinski definition) is 3. The predicted octanol–water partition coefficient (Wildman–Crippen LogP) is 2.82. The van der Waals surface area contributed by atoms with Crippen molar-refractivity contribution in [2.45, 2.75) is 20.8 Å². The smallest absolute Gasteiger partial charge is 0.337 e. The Morgan fingerprint density at radius 3 is 2.27 bits per heavy atom. The van der Waals surface area contributed by atoms with Gasteiger partial charge >= 0.3 is 5.97 Å². The lowest BCUT2D eigenvalue weighted by Gasteiger charge is -2.05. The van der Waals surface area contributed by atoms with Gasteiger partial charge in [-0.1, -0.05) is 19.9 Å². The maximum atomic E-state index is 11.1. The van der Waals surface area contributed by atoms with Crippen LogP contribution in [0.25, 0.3) is 0 Å². The van der Waals surface area contributed by atoms with Gasteiger partial charge in [0.2, 0.25) is 0 Å². The van der Waals surface area contributed by atoms with Crippen molar-refractivity contribution in [1.82, 2.24) is 0 Å². The molecular weight excluding hydrogens is 192 g/mol. The van der Waals surface area contributed by atoms with Gasteiger partial charge in [0.15, 0.2) is 0 Å². The molecule has 0 unspecified atom stereocenters. The Hall–Kier alpha value is -1.51. The molecule has 1 aromatic carbocycles. The highest BCUT2D eigenvalue weighted by Gasteiger charge is 2.07. The summed E-state index contributed by atoms with van der Waals surface area (Å²) in [5, 5.41) is 0. The van der Waals surface area contributed by atoms with Crippen molar-refractivity contribution in [3.8, 4) is 5.75 Å². The summed E-state index contributed by atoms with van der Waals surface area (Å²) in [6.07, 6.45) is 0. The van der Waals surface area contributed by atoms with E-state index in [1.54, 1.807) is 19.2 Å². The van der Waals surface area contributed by atoms with Crippen molar-refractivity contribution >= 4 is 5.97 Å². The van der Waals surface area contributed by atoms with E-state index in [4.69, 9.17) is 4.74 Å². The van der Waals surface area contributed by atoms with Gasteiger partial charge in [0.25, 0.3) is 0 Å². The molecule has 15 heavy (non-hydrogen) atoms. The highest BCUT2D eigenvalue weighted by molar-refractivity contribution is 5.89. The van der Waals surface area contributed by atoms with Gasteiger partial charge < -0.3 is 9.47 Å². The number of esters is 1. The number of ether oxygens (including phenoxy) is 2. The Bertz CT molecular complexity index is 319. The molecule has 0 saturated heterocycles. The maximum Gasteiger partial charge on any atom is 0.337 e. The predicted molar refractivity (Wildman–Crippen MR) is 60.4 cm³/mol. The van der Waals surface area contributed by atoms with E-state index >= 15 is 0 Å². The number of benzene rings is 1. The number of aryl methyl sites for hydroxylation is 1. The van der Waals surface area contributed by atoms with Crippen molar-refractivity contribution in [1.29, 1.82) is 0 Å². The van der Waals surface area contributed by atoms with Crippen molar-refractivity contribution in [2.24, 2.45) is 0 Å². The molecule has 0 aliphatic carbocycles. The fraction of sp³-hybridized carbons (Fsp3) is 0.417. The fourth-order valence-electron chi connectivity index (χ4n) is 1.06. The monoisotopic (exact) mass is 210 g/mol. The minimum Gasteiger partial charge on any atom is -0.496 e. The Labute approximate surface area is 91.0 Å². The Morgan fingerprint density at radius 1 is 1.20 bits per heavy atom.